The molecule has 2 aromatic carbocycles. The largest absolute Gasteiger partial charge is 0.304 e. The molecule has 168 valence electrons. The third kappa shape index (κ3) is 4.72. The Bertz CT molecular complexity index is 1180. The molecular formula is C24H29N5O3. The Balaban J connectivity index is 1.67. The predicted molar refractivity (Wildman–Crippen MR) is 124 cm³/mol. The zero-order valence-corrected chi connectivity index (χ0v) is 18.8. The van der Waals surface area contributed by atoms with Crippen LogP contribution in [0.2, 0.25) is 0 Å². The third-order valence-corrected chi connectivity index (χ3v) is 5.86. The first-order valence-corrected chi connectivity index (χ1v) is 10.9. The molecule has 3 aromatic rings. The van der Waals surface area contributed by atoms with Crippen molar-refractivity contribution in [2.24, 2.45) is 0 Å². The topological polar surface area (TPSA) is 79.7 Å². The van der Waals surface area contributed by atoms with E-state index in [1.54, 1.807) is 19.1 Å². The summed E-state index contributed by atoms with van der Waals surface area (Å²) in [7, 11) is 2.14. The molecule has 0 bridgehead atoms. The Morgan fingerprint density at radius 3 is 2.66 bits per heavy atom. The van der Waals surface area contributed by atoms with Crippen LogP contribution in [0.25, 0.3) is 16.6 Å². The van der Waals surface area contributed by atoms with Crippen LogP contribution in [-0.2, 0) is 11.4 Å². The number of carbonyl (C=O) groups excluding carboxylic acids is 1. The fraction of sp³-hybridized carbons (Fsp3) is 0.375. The lowest BCUT2D eigenvalue weighted by Crippen LogP contribution is -2.43. The van der Waals surface area contributed by atoms with E-state index in [1.807, 2.05) is 31.2 Å². The number of fused-ring (bicyclic) bond motifs is 1. The minimum atomic E-state index is -0.357. The summed E-state index contributed by atoms with van der Waals surface area (Å²) in [6.45, 7) is 9.00. The van der Waals surface area contributed by atoms with Crippen molar-refractivity contribution >= 4 is 16.8 Å². The summed E-state index contributed by atoms with van der Waals surface area (Å²) < 4.78 is 1.51. The monoisotopic (exact) mass is 435 g/mol. The van der Waals surface area contributed by atoms with E-state index in [9.17, 15) is 9.59 Å². The van der Waals surface area contributed by atoms with E-state index in [1.165, 1.54) is 10.9 Å². The van der Waals surface area contributed by atoms with E-state index >= 15 is 0 Å². The van der Waals surface area contributed by atoms with E-state index in [0.29, 0.717) is 28.8 Å². The summed E-state index contributed by atoms with van der Waals surface area (Å²) in [6.07, 6.45) is 1.53. The van der Waals surface area contributed by atoms with Crippen molar-refractivity contribution < 1.29 is 9.63 Å². The summed E-state index contributed by atoms with van der Waals surface area (Å²) in [5.41, 5.74) is 5.90. The van der Waals surface area contributed by atoms with Crippen molar-refractivity contribution in [2.75, 3.05) is 39.8 Å². The molecule has 1 amide bonds. The van der Waals surface area contributed by atoms with Crippen LogP contribution < -0.4 is 11.0 Å². The number of amides is 1. The normalized spacial score (nSPS) is 15.2. The van der Waals surface area contributed by atoms with E-state index in [0.717, 1.165) is 43.9 Å². The van der Waals surface area contributed by atoms with Gasteiger partial charge in [0.2, 0.25) is 0 Å². The van der Waals surface area contributed by atoms with Crippen molar-refractivity contribution in [2.45, 2.75) is 20.4 Å². The molecule has 0 radical (unpaired) electrons. The fourth-order valence-corrected chi connectivity index (χ4v) is 3.91. The minimum Gasteiger partial charge on any atom is -0.304 e. The molecule has 1 N–H and O–H groups in total. The van der Waals surface area contributed by atoms with E-state index in [4.69, 9.17) is 4.84 Å². The maximum absolute atomic E-state index is 13.4. The first-order chi connectivity index (χ1) is 15.5. The number of rotatable bonds is 6. The zero-order chi connectivity index (χ0) is 22.7. The second-order valence-electron chi connectivity index (χ2n) is 8.22. The van der Waals surface area contributed by atoms with Crippen molar-refractivity contribution in [3.63, 3.8) is 0 Å². The number of likely N-dealkylation sites (N-methyl/N-ethyl adjacent to an activating group) is 1. The number of nitrogens with one attached hydrogen (secondary N) is 1. The van der Waals surface area contributed by atoms with Crippen LogP contribution in [0.5, 0.6) is 0 Å². The summed E-state index contributed by atoms with van der Waals surface area (Å²) in [6, 6.07) is 11.1. The Morgan fingerprint density at radius 2 is 1.91 bits per heavy atom. The molecule has 8 heteroatoms. The molecule has 8 nitrogen and oxygen atoms in total. The Labute approximate surface area is 187 Å². The molecule has 0 unspecified atom stereocenters. The van der Waals surface area contributed by atoms with Gasteiger partial charge in [-0.1, -0.05) is 12.1 Å². The summed E-state index contributed by atoms with van der Waals surface area (Å²) in [5.74, 6) is -0.357. The first kappa shape index (κ1) is 22.1. The van der Waals surface area contributed by atoms with Gasteiger partial charge in [-0.2, -0.15) is 0 Å². The molecule has 2 heterocycles. The van der Waals surface area contributed by atoms with Gasteiger partial charge in [-0.25, -0.2) is 10.5 Å². The molecule has 0 aliphatic carbocycles. The van der Waals surface area contributed by atoms with Gasteiger partial charge in [0.15, 0.2) is 0 Å². The number of hydrogen-bond donors (Lipinski definition) is 1. The lowest BCUT2D eigenvalue weighted by atomic mass is 10.1. The van der Waals surface area contributed by atoms with Gasteiger partial charge in [0, 0.05) is 38.3 Å². The number of aryl methyl sites for hydroxylation is 1. The quantitative estimate of drug-likeness (QED) is 0.598. The van der Waals surface area contributed by atoms with Gasteiger partial charge in [-0.3, -0.25) is 23.9 Å². The Morgan fingerprint density at radius 1 is 1.12 bits per heavy atom. The number of carbonyl (C=O) groups is 1. The highest BCUT2D eigenvalue weighted by Crippen LogP contribution is 2.18. The van der Waals surface area contributed by atoms with Gasteiger partial charge in [0.1, 0.15) is 6.33 Å². The SMILES string of the molecule is CCONC(=O)c1ccc(C)c(-n2cnc3ccc(CN4CCN(C)CC4)cc3c2=O)c1. The molecule has 1 saturated heterocycles. The van der Waals surface area contributed by atoms with Crippen molar-refractivity contribution in [1.82, 2.24) is 24.8 Å². The second kappa shape index (κ2) is 9.60. The first-order valence-electron chi connectivity index (χ1n) is 10.9. The third-order valence-electron chi connectivity index (χ3n) is 5.86. The molecule has 1 aliphatic rings. The summed E-state index contributed by atoms with van der Waals surface area (Å²) in [5, 5.41) is 0.572. The van der Waals surface area contributed by atoms with E-state index in [2.05, 4.69) is 27.3 Å². The number of aromatic nitrogens is 2. The lowest BCUT2D eigenvalue weighted by Gasteiger charge is -2.32. The number of hydroxylamine groups is 1. The highest BCUT2D eigenvalue weighted by atomic mass is 16.6. The number of hydrogen-bond acceptors (Lipinski definition) is 6. The Kier molecular flexibility index (Phi) is 6.64. The Hall–Kier alpha value is -3.07. The second-order valence-corrected chi connectivity index (χ2v) is 8.22. The zero-order valence-electron chi connectivity index (χ0n) is 18.8. The number of piperazine rings is 1. The minimum absolute atomic E-state index is 0.152. The summed E-state index contributed by atoms with van der Waals surface area (Å²) >= 11 is 0. The van der Waals surface area contributed by atoms with E-state index in [-0.39, 0.29) is 11.5 Å². The maximum atomic E-state index is 13.4. The molecule has 0 saturated carbocycles. The number of benzene rings is 2. The average molecular weight is 436 g/mol. The van der Waals surface area contributed by atoms with Gasteiger partial charge in [-0.15, -0.1) is 0 Å². The predicted octanol–water partition coefficient (Wildman–Crippen LogP) is 2.12. The number of nitrogens with zero attached hydrogens (tertiary/aromatic N) is 4. The van der Waals surface area contributed by atoms with Crippen molar-refractivity contribution in [3.05, 3.63) is 69.8 Å². The molecule has 1 aliphatic heterocycles. The van der Waals surface area contributed by atoms with Gasteiger partial charge in [-0.05, 0) is 56.3 Å². The average Bonchev–Trinajstić information content (AvgIpc) is 2.80. The highest BCUT2D eigenvalue weighted by molar-refractivity contribution is 5.94. The van der Waals surface area contributed by atoms with Crippen LogP contribution in [0.4, 0.5) is 0 Å². The molecule has 0 spiro atoms. The van der Waals surface area contributed by atoms with Crippen molar-refractivity contribution in [3.8, 4) is 5.69 Å². The highest BCUT2D eigenvalue weighted by Gasteiger charge is 2.16. The van der Waals surface area contributed by atoms with Gasteiger partial charge in [0.25, 0.3) is 11.5 Å². The van der Waals surface area contributed by atoms with Crippen LogP contribution in [0.15, 0.2) is 47.5 Å². The van der Waals surface area contributed by atoms with Gasteiger partial charge < -0.3 is 4.90 Å². The van der Waals surface area contributed by atoms with Crippen LogP contribution in [0.1, 0.15) is 28.4 Å². The summed E-state index contributed by atoms with van der Waals surface area (Å²) in [4.78, 5) is 39.9. The molecule has 1 fully saturated rings. The van der Waals surface area contributed by atoms with Crippen LogP contribution >= 0.6 is 0 Å². The lowest BCUT2D eigenvalue weighted by molar-refractivity contribution is 0.0364. The van der Waals surface area contributed by atoms with Crippen molar-refractivity contribution in [1.29, 1.82) is 0 Å². The fourth-order valence-electron chi connectivity index (χ4n) is 3.91. The van der Waals surface area contributed by atoms with Crippen LogP contribution in [0.3, 0.4) is 0 Å². The van der Waals surface area contributed by atoms with Gasteiger partial charge in [0.05, 0.1) is 23.2 Å². The smallest absolute Gasteiger partial charge is 0.274 e. The van der Waals surface area contributed by atoms with E-state index < -0.39 is 0 Å². The molecular weight excluding hydrogens is 406 g/mol. The van der Waals surface area contributed by atoms with Crippen LogP contribution in [-0.4, -0.2) is 65.1 Å². The maximum Gasteiger partial charge on any atom is 0.274 e. The molecule has 4 rings (SSSR count). The van der Waals surface area contributed by atoms with Gasteiger partial charge >= 0.3 is 0 Å². The van der Waals surface area contributed by atoms with Crippen LogP contribution in [0, 0.1) is 6.92 Å². The molecule has 1 aromatic heterocycles. The standard InChI is InChI=1S/C24H29N5O3/c1-4-32-26-23(30)19-7-5-17(2)22(14-19)29-16-25-21-8-6-18(13-20(21)24(29)31)15-28-11-9-27(3)10-12-28/h5-8,13-14,16H,4,9-12,15H2,1-3H3,(H,26,30). The molecule has 32 heavy (non-hydrogen) atoms. The molecule has 0 atom stereocenters.